The molecular formula is C9H11ClN2. The smallest absolute Gasteiger partial charge is 0.114 e. The summed E-state index contributed by atoms with van der Waals surface area (Å²) >= 11 is 5.78. The maximum atomic E-state index is 5.78. The molecule has 1 fully saturated rings. The van der Waals surface area contributed by atoms with E-state index in [2.05, 4.69) is 36.2 Å². The van der Waals surface area contributed by atoms with Crippen molar-refractivity contribution in [1.82, 2.24) is 10.0 Å². The van der Waals surface area contributed by atoms with E-state index in [1.165, 1.54) is 5.56 Å². The Morgan fingerprint density at radius 3 is 2.00 bits per heavy atom. The molecule has 1 heterocycles. The lowest BCUT2D eigenvalue weighted by Gasteiger charge is -1.95. The van der Waals surface area contributed by atoms with Crippen molar-refractivity contribution in [3.8, 4) is 0 Å². The van der Waals surface area contributed by atoms with Gasteiger partial charge in [-0.2, -0.15) is 0 Å². The highest BCUT2D eigenvalue weighted by molar-refractivity contribution is 6.30. The summed E-state index contributed by atoms with van der Waals surface area (Å²) in [4.78, 5) is 0. The lowest BCUT2D eigenvalue weighted by molar-refractivity contribution is 0.412. The van der Waals surface area contributed by atoms with E-state index in [1.54, 1.807) is 0 Å². The average molecular weight is 183 g/mol. The van der Waals surface area contributed by atoms with Crippen molar-refractivity contribution < 1.29 is 0 Å². The first-order chi connectivity index (χ1) is 5.70. The standard InChI is InChI=1S/C9H11ClN2/c1-11-9(12(11)2)7-3-5-8(10)6-4-7/h3-6,9H,1-2H3. The monoisotopic (exact) mass is 182 g/mol. The van der Waals surface area contributed by atoms with Crippen LogP contribution in [0.25, 0.3) is 0 Å². The van der Waals surface area contributed by atoms with Gasteiger partial charge >= 0.3 is 0 Å². The molecule has 0 spiro atoms. The minimum Gasteiger partial charge on any atom is -0.220 e. The molecule has 3 heteroatoms. The largest absolute Gasteiger partial charge is 0.220 e. The molecule has 0 aliphatic carbocycles. The van der Waals surface area contributed by atoms with E-state index in [0.717, 1.165) is 5.02 Å². The van der Waals surface area contributed by atoms with Gasteiger partial charge in [-0.3, -0.25) is 0 Å². The average Bonchev–Trinajstić information content (AvgIpc) is 2.63. The van der Waals surface area contributed by atoms with Crippen molar-refractivity contribution >= 4 is 11.6 Å². The Labute approximate surface area is 77.3 Å². The second-order valence-corrected chi connectivity index (χ2v) is 3.51. The molecular weight excluding hydrogens is 172 g/mol. The minimum atomic E-state index is 0.447. The van der Waals surface area contributed by atoms with Crippen LogP contribution in [0, 0.1) is 0 Å². The summed E-state index contributed by atoms with van der Waals surface area (Å²) in [6.07, 6.45) is 0.447. The lowest BCUT2D eigenvalue weighted by Crippen LogP contribution is -1.91. The van der Waals surface area contributed by atoms with Crippen molar-refractivity contribution in [2.45, 2.75) is 6.17 Å². The van der Waals surface area contributed by atoms with E-state index in [4.69, 9.17) is 11.6 Å². The zero-order chi connectivity index (χ0) is 8.72. The fourth-order valence-corrected chi connectivity index (χ4v) is 1.56. The normalized spacial score (nSPS) is 33.4. The van der Waals surface area contributed by atoms with E-state index < -0.39 is 0 Å². The summed E-state index contributed by atoms with van der Waals surface area (Å²) in [5.74, 6) is 0. The van der Waals surface area contributed by atoms with Crippen LogP contribution in [-0.4, -0.2) is 24.1 Å². The molecule has 1 aliphatic heterocycles. The maximum Gasteiger partial charge on any atom is 0.114 e. The van der Waals surface area contributed by atoms with Gasteiger partial charge in [-0.05, 0) is 17.7 Å². The predicted molar refractivity (Wildman–Crippen MR) is 49.7 cm³/mol. The van der Waals surface area contributed by atoms with Crippen LogP contribution >= 0.6 is 11.6 Å². The van der Waals surface area contributed by atoms with E-state index in [1.807, 2.05) is 12.1 Å². The highest BCUT2D eigenvalue weighted by Crippen LogP contribution is 2.37. The summed E-state index contributed by atoms with van der Waals surface area (Å²) in [6, 6.07) is 7.98. The second kappa shape index (κ2) is 2.73. The zero-order valence-electron chi connectivity index (χ0n) is 7.16. The van der Waals surface area contributed by atoms with Gasteiger partial charge in [0, 0.05) is 19.1 Å². The number of benzene rings is 1. The first-order valence-corrected chi connectivity index (χ1v) is 4.29. The van der Waals surface area contributed by atoms with Gasteiger partial charge in [0.1, 0.15) is 6.17 Å². The predicted octanol–water partition coefficient (Wildman–Crippen LogP) is 2.13. The summed E-state index contributed by atoms with van der Waals surface area (Å²) in [6.45, 7) is 0. The van der Waals surface area contributed by atoms with Crippen molar-refractivity contribution in [3.63, 3.8) is 0 Å². The fraction of sp³-hybridized carbons (Fsp3) is 0.333. The van der Waals surface area contributed by atoms with Crippen LogP contribution in [0.15, 0.2) is 24.3 Å². The van der Waals surface area contributed by atoms with Gasteiger partial charge in [0.15, 0.2) is 0 Å². The Hall–Kier alpha value is -0.570. The SMILES string of the molecule is CN1C(c2ccc(Cl)cc2)N1C. The molecule has 2 nitrogen and oxygen atoms in total. The maximum absolute atomic E-state index is 5.78. The first kappa shape index (κ1) is 8.05. The third-order valence-electron chi connectivity index (χ3n) is 2.32. The molecule has 0 saturated carbocycles. The van der Waals surface area contributed by atoms with Crippen molar-refractivity contribution in [1.29, 1.82) is 0 Å². The molecule has 2 rings (SSSR count). The molecule has 0 amide bonds. The second-order valence-electron chi connectivity index (χ2n) is 3.07. The third-order valence-corrected chi connectivity index (χ3v) is 2.57. The number of hydrazine groups is 1. The number of nitrogens with zero attached hydrogens (tertiary/aromatic N) is 2. The fourth-order valence-electron chi connectivity index (χ4n) is 1.43. The zero-order valence-corrected chi connectivity index (χ0v) is 7.92. The highest BCUT2D eigenvalue weighted by Gasteiger charge is 2.38. The van der Waals surface area contributed by atoms with Gasteiger partial charge in [-0.15, -0.1) is 0 Å². The van der Waals surface area contributed by atoms with Crippen LogP contribution in [0.2, 0.25) is 5.02 Å². The molecule has 2 unspecified atom stereocenters. The van der Waals surface area contributed by atoms with Crippen molar-refractivity contribution in [2.24, 2.45) is 0 Å². The van der Waals surface area contributed by atoms with E-state index in [-0.39, 0.29) is 0 Å². The minimum absolute atomic E-state index is 0.447. The Morgan fingerprint density at radius 2 is 1.58 bits per heavy atom. The van der Waals surface area contributed by atoms with E-state index in [0.29, 0.717) is 6.17 Å². The number of halogens is 1. The number of hydrogen-bond acceptors (Lipinski definition) is 2. The van der Waals surface area contributed by atoms with Crippen molar-refractivity contribution in [3.05, 3.63) is 34.9 Å². The molecule has 1 aromatic rings. The number of hydrogen-bond donors (Lipinski definition) is 0. The van der Waals surface area contributed by atoms with Crippen LogP contribution in [0.5, 0.6) is 0 Å². The summed E-state index contributed by atoms with van der Waals surface area (Å²) < 4.78 is 0. The van der Waals surface area contributed by atoms with Gasteiger partial charge in [0.25, 0.3) is 0 Å². The molecule has 1 saturated heterocycles. The Bertz CT molecular complexity index is 275. The summed E-state index contributed by atoms with van der Waals surface area (Å²) in [7, 11) is 4.14. The van der Waals surface area contributed by atoms with Crippen molar-refractivity contribution in [2.75, 3.05) is 14.1 Å². The van der Waals surface area contributed by atoms with Gasteiger partial charge in [-0.1, -0.05) is 23.7 Å². The molecule has 12 heavy (non-hydrogen) atoms. The molecule has 2 atom stereocenters. The van der Waals surface area contributed by atoms with Crippen LogP contribution in [0.3, 0.4) is 0 Å². The van der Waals surface area contributed by atoms with Gasteiger partial charge in [-0.25, -0.2) is 10.0 Å². The molecule has 1 aliphatic rings. The van der Waals surface area contributed by atoms with Crippen LogP contribution in [0.4, 0.5) is 0 Å². The molecule has 0 bridgehead atoms. The molecule has 1 aromatic carbocycles. The Kier molecular flexibility index (Phi) is 1.83. The quantitative estimate of drug-likeness (QED) is 0.614. The number of rotatable bonds is 1. The van der Waals surface area contributed by atoms with Gasteiger partial charge in [0.2, 0.25) is 0 Å². The van der Waals surface area contributed by atoms with Crippen LogP contribution in [-0.2, 0) is 0 Å². The van der Waals surface area contributed by atoms with Gasteiger partial charge in [0.05, 0.1) is 0 Å². The van der Waals surface area contributed by atoms with E-state index >= 15 is 0 Å². The third kappa shape index (κ3) is 1.22. The van der Waals surface area contributed by atoms with Crippen LogP contribution in [0.1, 0.15) is 11.7 Å². The van der Waals surface area contributed by atoms with Crippen LogP contribution < -0.4 is 0 Å². The highest BCUT2D eigenvalue weighted by atomic mass is 35.5. The molecule has 0 N–H and O–H groups in total. The topological polar surface area (TPSA) is 6.02 Å². The Balaban J connectivity index is 2.20. The molecule has 0 radical (unpaired) electrons. The first-order valence-electron chi connectivity index (χ1n) is 3.91. The summed E-state index contributed by atoms with van der Waals surface area (Å²) in [5.41, 5.74) is 1.30. The summed E-state index contributed by atoms with van der Waals surface area (Å²) in [5, 5.41) is 5.14. The van der Waals surface area contributed by atoms with Gasteiger partial charge < -0.3 is 0 Å². The lowest BCUT2D eigenvalue weighted by atomic mass is 10.2. The molecule has 64 valence electrons. The van der Waals surface area contributed by atoms with E-state index in [9.17, 15) is 0 Å². The Morgan fingerprint density at radius 1 is 1.08 bits per heavy atom. The molecule has 0 aromatic heterocycles.